The molecule has 0 bridgehead atoms. The number of rotatable bonds is 6. The first kappa shape index (κ1) is 12.1. The Kier molecular flexibility index (Phi) is 3.79. The van der Waals surface area contributed by atoms with Gasteiger partial charge in [0.05, 0.1) is 7.11 Å². The monoisotopic (exact) mass is 233 g/mol. The summed E-state index contributed by atoms with van der Waals surface area (Å²) in [7, 11) is 1.63. The number of carbonyl (C=O) groups is 1. The quantitative estimate of drug-likeness (QED) is 0.817. The number of hydrogen-bond acceptors (Lipinski definition) is 3. The fourth-order valence-corrected chi connectivity index (χ4v) is 2.04. The molecule has 0 heterocycles. The summed E-state index contributed by atoms with van der Waals surface area (Å²) >= 11 is 0. The molecule has 3 nitrogen and oxygen atoms in total. The van der Waals surface area contributed by atoms with Crippen molar-refractivity contribution in [2.75, 3.05) is 7.11 Å². The van der Waals surface area contributed by atoms with Crippen LogP contribution in [0.5, 0.6) is 5.75 Å². The first-order valence-electron chi connectivity index (χ1n) is 6.09. The van der Waals surface area contributed by atoms with E-state index in [1.807, 2.05) is 24.3 Å². The maximum absolute atomic E-state index is 11.8. The third-order valence-electron chi connectivity index (χ3n) is 3.23. The maximum Gasteiger partial charge on any atom is 0.138 e. The maximum atomic E-state index is 11.8. The highest BCUT2D eigenvalue weighted by Crippen LogP contribution is 2.33. The summed E-state index contributed by atoms with van der Waals surface area (Å²) in [6, 6.07) is 7.70. The summed E-state index contributed by atoms with van der Waals surface area (Å²) in [4.78, 5) is 11.8. The van der Waals surface area contributed by atoms with Crippen LogP contribution >= 0.6 is 0 Å². The lowest BCUT2D eigenvalue weighted by Crippen LogP contribution is -2.26. The van der Waals surface area contributed by atoms with Crippen LogP contribution in [-0.4, -0.2) is 18.9 Å². The highest BCUT2D eigenvalue weighted by atomic mass is 16.5. The first-order chi connectivity index (χ1) is 8.19. The van der Waals surface area contributed by atoms with E-state index in [4.69, 9.17) is 10.5 Å². The summed E-state index contributed by atoms with van der Waals surface area (Å²) in [5.74, 6) is 1.60. The van der Waals surface area contributed by atoms with Gasteiger partial charge in [-0.25, -0.2) is 0 Å². The van der Waals surface area contributed by atoms with Gasteiger partial charge in [0.25, 0.3) is 0 Å². The lowest BCUT2D eigenvalue weighted by Gasteiger charge is -2.09. The molecule has 3 heteroatoms. The molecule has 92 valence electrons. The number of methoxy groups -OCH3 is 1. The largest absolute Gasteiger partial charge is 0.497 e. The van der Waals surface area contributed by atoms with Gasteiger partial charge in [-0.15, -0.1) is 0 Å². The van der Waals surface area contributed by atoms with Gasteiger partial charge in [0.15, 0.2) is 0 Å². The number of hydrogen-bond donors (Lipinski definition) is 1. The summed E-state index contributed by atoms with van der Waals surface area (Å²) in [5, 5.41) is 0. The van der Waals surface area contributed by atoms with Crippen molar-refractivity contribution < 1.29 is 9.53 Å². The van der Waals surface area contributed by atoms with E-state index in [1.54, 1.807) is 7.11 Å². The smallest absolute Gasteiger partial charge is 0.138 e. The van der Waals surface area contributed by atoms with Crippen LogP contribution in [-0.2, 0) is 11.2 Å². The average molecular weight is 233 g/mol. The lowest BCUT2D eigenvalue weighted by atomic mass is 10.0. The minimum atomic E-state index is 0.0631. The number of ketones is 1. The summed E-state index contributed by atoms with van der Waals surface area (Å²) in [5.41, 5.74) is 6.94. The van der Waals surface area contributed by atoms with Gasteiger partial charge in [0, 0.05) is 18.9 Å². The molecule has 0 radical (unpaired) electrons. The van der Waals surface area contributed by atoms with E-state index in [2.05, 4.69) is 0 Å². The molecule has 0 aliphatic heterocycles. The second kappa shape index (κ2) is 5.32. The number of nitrogens with two attached hydrogens (primary N) is 1. The molecule has 1 aromatic carbocycles. The standard InChI is InChI=1S/C14H19NO2/c1-17-13-4-2-3-10(8-13)7-12(16)9-14(15)11-5-6-11/h2-4,8,11,14H,5-7,9,15H2,1H3. The van der Waals surface area contributed by atoms with E-state index in [0.29, 0.717) is 18.8 Å². The molecule has 1 aliphatic rings. The third-order valence-corrected chi connectivity index (χ3v) is 3.23. The molecular formula is C14H19NO2. The minimum absolute atomic E-state index is 0.0631. The lowest BCUT2D eigenvalue weighted by molar-refractivity contribution is -0.118. The fraction of sp³-hybridized carbons (Fsp3) is 0.500. The first-order valence-corrected chi connectivity index (χ1v) is 6.09. The Bertz CT molecular complexity index is 399. The normalized spacial score (nSPS) is 16.6. The molecule has 0 amide bonds. The Balaban J connectivity index is 1.88. The SMILES string of the molecule is COc1cccc(CC(=O)CC(N)C2CC2)c1. The summed E-state index contributed by atoms with van der Waals surface area (Å²) in [6.45, 7) is 0. The van der Waals surface area contributed by atoms with Crippen molar-refractivity contribution in [2.45, 2.75) is 31.7 Å². The van der Waals surface area contributed by atoms with Crippen LogP contribution in [0.1, 0.15) is 24.8 Å². The van der Waals surface area contributed by atoms with Crippen molar-refractivity contribution in [3.63, 3.8) is 0 Å². The van der Waals surface area contributed by atoms with Crippen LogP contribution in [0.3, 0.4) is 0 Å². The Morgan fingerprint density at radius 2 is 2.29 bits per heavy atom. The van der Waals surface area contributed by atoms with Gasteiger partial charge in [-0.2, -0.15) is 0 Å². The minimum Gasteiger partial charge on any atom is -0.497 e. The number of ether oxygens (including phenoxy) is 1. The molecule has 0 aromatic heterocycles. The zero-order valence-electron chi connectivity index (χ0n) is 10.2. The predicted octanol–water partition coefficient (Wildman–Crippen LogP) is 1.93. The highest BCUT2D eigenvalue weighted by Gasteiger charge is 2.29. The highest BCUT2D eigenvalue weighted by molar-refractivity contribution is 5.81. The molecule has 1 unspecified atom stereocenters. The molecule has 2 N–H and O–H groups in total. The van der Waals surface area contributed by atoms with E-state index in [1.165, 1.54) is 12.8 Å². The van der Waals surface area contributed by atoms with Crippen LogP contribution in [0.2, 0.25) is 0 Å². The van der Waals surface area contributed by atoms with E-state index in [9.17, 15) is 4.79 Å². The van der Waals surface area contributed by atoms with Crippen LogP contribution in [0.4, 0.5) is 0 Å². The van der Waals surface area contributed by atoms with Crippen molar-refractivity contribution in [1.82, 2.24) is 0 Å². The average Bonchev–Trinajstić information content (AvgIpc) is 3.12. The molecule has 1 atom stereocenters. The van der Waals surface area contributed by atoms with E-state index in [0.717, 1.165) is 11.3 Å². The van der Waals surface area contributed by atoms with Crippen molar-refractivity contribution >= 4 is 5.78 Å². The Hall–Kier alpha value is -1.35. The zero-order chi connectivity index (χ0) is 12.3. The molecule has 0 saturated heterocycles. The van der Waals surface area contributed by atoms with E-state index >= 15 is 0 Å². The number of carbonyl (C=O) groups excluding carboxylic acids is 1. The van der Waals surface area contributed by atoms with E-state index < -0.39 is 0 Å². The van der Waals surface area contributed by atoms with Gasteiger partial charge in [-0.3, -0.25) is 4.79 Å². The Morgan fingerprint density at radius 3 is 2.94 bits per heavy atom. The van der Waals surface area contributed by atoms with E-state index in [-0.39, 0.29) is 11.8 Å². The van der Waals surface area contributed by atoms with Crippen molar-refractivity contribution in [2.24, 2.45) is 11.7 Å². The van der Waals surface area contributed by atoms with Crippen molar-refractivity contribution in [1.29, 1.82) is 0 Å². The topological polar surface area (TPSA) is 52.3 Å². The van der Waals surface area contributed by atoms with Crippen LogP contribution in [0, 0.1) is 5.92 Å². The van der Waals surface area contributed by atoms with Crippen LogP contribution in [0.15, 0.2) is 24.3 Å². The van der Waals surface area contributed by atoms with Gasteiger partial charge in [0.2, 0.25) is 0 Å². The Labute approximate surface area is 102 Å². The fourth-order valence-electron chi connectivity index (χ4n) is 2.04. The molecule has 1 aliphatic carbocycles. The van der Waals surface area contributed by atoms with Crippen LogP contribution in [0.25, 0.3) is 0 Å². The number of benzene rings is 1. The Morgan fingerprint density at radius 1 is 1.53 bits per heavy atom. The van der Waals surface area contributed by atoms with Crippen molar-refractivity contribution in [3.05, 3.63) is 29.8 Å². The van der Waals surface area contributed by atoms with Crippen LogP contribution < -0.4 is 10.5 Å². The second-order valence-corrected chi connectivity index (χ2v) is 4.77. The van der Waals surface area contributed by atoms with Gasteiger partial charge in [-0.1, -0.05) is 12.1 Å². The molecule has 1 aromatic rings. The molecule has 2 rings (SSSR count). The van der Waals surface area contributed by atoms with Gasteiger partial charge < -0.3 is 10.5 Å². The zero-order valence-corrected chi connectivity index (χ0v) is 10.2. The summed E-state index contributed by atoms with van der Waals surface area (Å²) in [6.07, 6.45) is 3.33. The van der Waals surface area contributed by atoms with Gasteiger partial charge >= 0.3 is 0 Å². The molecule has 1 fully saturated rings. The van der Waals surface area contributed by atoms with Crippen molar-refractivity contribution in [3.8, 4) is 5.75 Å². The predicted molar refractivity (Wildman–Crippen MR) is 67.0 cm³/mol. The van der Waals surface area contributed by atoms with Gasteiger partial charge in [-0.05, 0) is 36.5 Å². The molecule has 1 saturated carbocycles. The molecule has 17 heavy (non-hydrogen) atoms. The second-order valence-electron chi connectivity index (χ2n) is 4.77. The third kappa shape index (κ3) is 3.56. The number of Topliss-reactive ketones (excluding diaryl/α,β-unsaturated/α-hetero) is 1. The molecular weight excluding hydrogens is 214 g/mol. The summed E-state index contributed by atoms with van der Waals surface area (Å²) < 4.78 is 5.13. The molecule has 0 spiro atoms. The van der Waals surface area contributed by atoms with Gasteiger partial charge in [0.1, 0.15) is 11.5 Å².